The summed E-state index contributed by atoms with van der Waals surface area (Å²) >= 11 is 0. The van der Waals surface area contributed by atoms with Gasteiger partial charge in [-0.05, 0) is 85.9 Å². The summed E-state index contributed by atoms with van der Waals surface area (Å²) in [6.45, 7) is 5.94. The summed E-state index contributed by atoms with van der Waals surface area (Å²) in [5.41, 5.74) is 4.59. The highest BCUT2D eigenvalue weighted by Gasteiger charge is 2.18. The largest absolute Gasteiger partial charge is 0.493 e. The van der Waals surface area contributed by atoms with Crippen molar-refractivity contribution in [3.63, 3.8) is 0 Å². The summed E-state index contributed by atoms with van der Waals surface area (Å²) in [6.07, 6.45) is 6.83. The maximum Gasteiger partial charge on any atom is 0.265 e. The predicted molar refractivity (Wildman–Crippen MR) is 219 cm³/mol. The van der Waals surface area contributed by atoms with Crippen LogP contribution in [0.2, 0.25) is 0 Å². The highest BCUT2D eigenvalue weighted by Crippen LogP contribution is 2.26. The molecule has 6 heterocycles. The van der Waals surface area contributed by atoms with E-state index in [0.717, 1.165) is 46.3 Å². The maximum absolute atomic E-state index is 13.4. The van der Waals surface area contributed by atoms with Gasteiger partial charge in [-0.2, -0.15) is 0 Å². The third-order valence-corrected chi connectivity index (χ3v) is 9.43. The molecule has 0 aliphatic heterocycles. The van der Waals surface area contributed by atoms with E-state index in [-0.39, 0.29) is 16.7 Å². The summed E-state index contributed by atoms with van der Waals surface area (Å²) < 4.78 is 13.6. The molecule has 8 rings (SSSR count). The quantitative estimate of drug-likeness (QED) is 0.135. The van der Waals surface area contributed by atoms with Crippen LogP contribution >= 0.6 is 0 Å². The van der Waals surface area contributed by atoms with Gasteiger partial charge in [0.2, 0.25) is 0 Å². The second-order valence-corrected chi connectivity index (χ2v) is 12.7. The Balaban J connectivity index is 0.000000173. The lowest BCUT2D eigenvalue weighted by molar-refractivity contribution is 0.280. The van der Waals surface area contributed by atoms with Crippen molar-refractivity contribution in [2.75, 3.05) is 37.9 Å². The number of rotatable bonds is 11. The predicted octanol–water partition coefficient (Wildman–Crippen LogP) is 6.32. The number of anilines is 4. The number of methoxy groups -OCH3 is 2. The Kier molecular flexibility index (Phi) is 11.1. The molecule has 0 spiro atoms. The highest BCUT2D eigenvalue weighted by atomic mass is 16.5. The molecular weight excluding hydrogens is 711 g/mol. The minimum absolute atomic E-state index is 0.101. The van der Waals surface area contributed by atoms with Crippen LogP contribution in [0.1, 0.15) is 25.0 Å². The van der Waals surface area contributed by atoms with E-state index < -0.39 is 6.61 Å². The van der Waals surface area contributed by atoms with Gasteiger partial charge in [0, 0.05) is 53.5 Å². The molecule has 0 amide bonds. The molecule has 0 fully saturated rings. The smallest absolute Gasteiger partial charge is 0.265 e. The minimum Gasteiger partial charge on any atom is -0.493 e. The van der Waals surface area contributed by atoms with Crippen LogP contribution in [0, 0.1) is 0 Å². The Morgan fingerprint density at radius 3 is 1.61 bits per heavy atom. The Morgan fingerprint density at radius 1 is 0.661 bits per heavy atom. The van der Waals surface area contributed by atoms with Crippen molar-refractivity contribution in [2.24, 2.45) is 0 Å². The summed E-state index contributed by atoms with van der Waals surface area (Å²) in [4.78, 5) is 46.2. The Morgan fingerprint density at radius 2 is 1.14 bits per heavy atom. The minimum atomic E-state index is -0.427. The summed E-state index contributed by atoms with van der Waals surface area (Å²) in [5.74, 6) is 1.86. The lowest BCUT2D eigenvalue weighted by Crippen LogP contribution is -2.30. The van der Waals surface area contributed by atoms with Gasteiger partial charge in [0.05, 0.1) is 43.0 Å². The van der Waals surface area contributed by atoms with Gasteiger partial charge < -0.3 is 25.2 Å². The highest BCUT2D eigenvalue weighted by molar-refractivity contribution is 5.84. The lowest BCUT2D eigenvalue weighted by Gasteiger charge is -2.20. The van der Waals surface area contributed by atoms with Crippen LogP contribution in [0.25, 0.3) is 33.1 Å². The Hall–Kier alpha value is -6.90. The van der Waals surface area contributed by atoms with Crippen LogP contribution in [-0.4, -0.2) is 66.1 Å². The van der Waals surface area contributed by atoms with E-state index in [4.69, 9.17) is 14.5 Å². The van der Waals surface area contributed by atoms with Gasteiger partial charge in [-0.25, -0.2) is 9.97 Å². The van der Waals surface area contributed by atoms with E-state index in [1.165, 1.54) is 11.5 Å². The van der Waals surface area contributed by atoms with E-state index in [1.54, 1.807) is 60.6 Å². The normalized spacial score (nSPS) is 11.2. The van der Waals surface area contributed by atoms with E-state index >= 15 is 0 Å². The molecule has 0 aliphatic carbocycles. The number of aliphatic hydroxyl groups is 1. The van der Waals surface area contributed by atoms with E-state index in [0.29, 0.717) is 46.5 Å². The van der Waals surface area contributed by atoms with Gasteiger partial charge in [0.25, 0.3) is 11.1 Å². The Labute approximate surface area is 321 Å². The summed E-state index contributed by atoms with van der Waals surface area (Å²) in [5, 5.41) is 18.2. The van der Waals surface area contributed by atoms with Crippen LogP contribution in [0.3, 0.4) is 0 Å². The van der Waals surface area contributed by atoms with Gasteiger partial charge >= 0.3 is 0 Å². The summed E-state index contributed by atoms with van der Waals surface area (Å²) in [6, 6.07) is 26.3. The number of aromatic nitrogens is 6. The van der Waals surface area contributed by atoms with Crippen molar-refractivity contribution in [2.45, 2.75) is 27.0 Å². The molecule has 0 saturated heterocycles. The van der Waals surface area contributed by atoms with Crippen molar-refractivity contribution in [3.8, 4) is 11.5 Å². The fourth-order valence-electron chi connectivity index (χ4n) is 6.41. The van der Waals surface area contributed by atoms with Gasteiger partial charge in [-0.15, -0.1) is 0 Å². The number of pyridine rings is 4. The number of hydrogen-bond acceptors (Lipinski definition) is 12. The number of nitrogens with zero attached hydrogens (tertiary/aromatic N) is 7. The first-order valence-corrected chi connectivity index (χ1v) is 18.1. The van der Waals surface area contributed by atoms with Gasteiger partial charge in [-0.1, -0.05) is 26.0 Å². The zero-order chi connectivity index (χ0) is 39.2. The third kappa shape index (κ3) is 7.56. The fraction of sp³-hybridized carbons (Fsp3) is 0.190. The molecule has 56 heavy (non-hydrogen) atoms. The number of aliphatic hydroxyl groups excluding tert-OH is 1. The zero-order valence-electron chi connectivity index (χ0n) is 31.4. The molecule has 0 atom stereocenters. The average molecular weight is 752 g/mol. The first kappa shape index (κ1) is 37.4. The molecule has 0 radical (unpaired) electrons. The first-order chi connectivity index (χ1) is 27.3. The van der Waals surface area contributed by atoms with Crippen molar-refractivity contribution in [1.82, 2.24) is 33.6 Å². The molecule has 8 aromatic rings. The molecule has 0 aliphatic rings. The van der Waals surface area contributed by atoms with Crippen molar-refractivity contribution in [1.29, 1.82) is 0 Å². The second kappa shape index (κ2) is 16.6. The first-order valence-electron chi connectivity index (χ1n) is 18.1. The van der Waals surface area contributed by atoms with Crippen LogP contribution in [0.15, 0.2) is 119 Å². The molecule has 14 heteroatoms. The second-order valence-electron chi connectivity index (χ2n) is 12.7. The van der Waals surface area contributed by atoms with Crippen molar-refractivity contribution < 1.29 is 14.6 Å². The molecular formula is C42H41N9O5. The lowest BCUT2D eigenvalue weighted by atomic mass is 10.2. The van der Waals surface area contributed by atoms with Crippen molar-refractivity contribution >= 4 is 56.1 Å². The van der Waals surface area contributed by atoms with E-state index in [9.17, 15) is 14.7 Å². The Bertz CT molecular complexity index is 2800. The van der Waals surface area contributed by atoms with Crippen molar-refractivity contribution in [3.05, 3.63) is 142 Å². The van der Waals surface area contributed by atoms with Crippen LogP contribution in [-0.2, 0) is 13.2 Å². The monoisotopic (exact) mass is 751 g/mol. The van der Waals surface area contributed by atoms with E-state index in [2.05, 4.69) is 44.3 Å². The fourth-order valence-corrected chi connectivity index (χ4v) is 6.41. The van der Waals surface area contributed by atoms with Crippen LogP contribution in [0.5, 0.6) is 11.5 Å². The van der Waals surface area contributed by atoms with Crippen LogP contribution in [0.4, 0.5) is 23.0 Å². The molecule has 2 aromatic carbocycles. The number of ether oxygens (including phenoxy) is 2. The summed E-state index contributed by atoms with van der Waals surface area (Å²) in [7, 11) is 3.10. The third-order valence-electron chi connectivity index (χ3n) is 9.43. The number of fused-ring (bicyclic) bond motifs is 4. The zero-order valence-corrected chi connectivity index (χ0v) is 31.4. The van der Waals surface area contributed by atoms with Gasteiger partial charge in [-0.3, -0.25) is 33.3 Å². The van der Waals surface area contributed by atoms with Crippen LogP contribution < -0.4 is 31.2 Å². The molecule has 284 valence electrons. The molecule has 6 aromatic heterocycles. The molecule has 0 unspecified atom stereocenters. The maximum atomic E-state index is 13.4. The standard InChI is InChI=1S/C23H25N5O2.C19H16N4O3/c1-4-27(5-2)15-18-21(25-17-10-11-19-16(14-17)8-6-12-24-19)26-22-20(30-3)9-7-13-28(22)23(18)29;1-26-16-5-3-9-23-18(16)22-17(14(11-24)19(23)25)21-13-6-7-15-12(10-13)4-2-8-20-15/h6-14,25H,4-5,15H2,1-3H3;2-10,21,24H,11H2,1H3. The molecule has 3 N–H and O–H groups in total. The van der Waals surface area contributed by atoms with Gasteiger partial charge in [0.15, 0.2) is 22.8 Å². The molecule has 0 saturated carbocycles. The molecule has 14 nitrogen and oxygen atoms in total. The SMILES string of the molecule is CCN(CC)Cc1c(Nc2ccc3ncccc3c2)nc2c(OC)cccn2c1=O.COc1cccn2c(=O)c(CO)c(Nc3ccc4ncccc4c3)nc12. The topological polar surface area (TPSA) is 161 Å². The molecule has 0 bridgehead atoms. The van der Waals surface area contributed by atoms with E-state index in [1.807, 2.05) is 60.7 Å². The number of nitrogens with one attached hydrogen (secondary N) is 2. The number of benzene rings is 2. The average Bonchev–Trinajstić information content (AvgIpc) is 3.23. The van der Waals surface area contributed by atoms with Gasteiger partial charge in [0.1, 0.15) is 11.6 Å². The number of hydrogen-bond donors (Lipinski definition) is 3.